The molecule has 0 radical (unpaired) electrons. The second kappa shape index (κ2) is 6.44. The maximum absolute atomic E-state index is 11.7. The van der Waals surface area contributed by atoms with E-state index in [2.05, 4.69) is 5.32 Å². The molecule has 2 unspecified atom stereocenters. The predicted octanol–water partition coefficient (Wildman–Crippen LogP) is 0.230. The SMILES string of the molecule is CC(CNC(=O)N1CCCC(N)C1)CC(=O)O. The zero-order valence-electron chi connectivity index (χ0n) is 10.2. The molecule has 0 aromatic rings. The first-order valence-electron chi connectivity index (χ1n) is 5.99. The molecule has 1 heterocycles. The van der Waals surface area contributed by atoms with Gasteiger partial charge >= 0.3 is 12.0 Å². The minimum atomic E-state index is -0.841. The summed E-state index contributed by atoms with van der Waals surface area (Å²) in [5, 5.41) is 11.3. The summed E-state index contributed by atoms with van der Waals surface area (Å²) in [6.45, 7) is 3.50. The lowest BCUT2D eigenvalue weighted by atomic mass is 10.1. The summed E-state index contributed by atoms with van der Waals surface area (Å²) in [6.07, 6.45) is 1.96. The highest BCUT2D eigenvalue weighted by molar-refractivity contribution is 5.74. The van der Waals surface area contributed by atoms with E-state index in [-0.39, 0.29) is 24.4 Å². The van der Waals surface area contributed by atoms with Crippen LogP contribution >= 0.6 is 0 Å². The molecule has 0 aromatic carbocycles. The number of likely N-dealkylation sites (tertiary alicyclic amines) is 1. The number of carboxylic acids is 1. The summed E-state index contributed by atoms with van der Waals surface area (Å²) in [6, 6.07) is -0.0802. The van der Waals surface area contributed by atoms with E-state index < -0.39 is 5.97 Å². The van der Waals surface area contributed by atoms with E-state index in [0.717, 1.165) is 19.4 Å². The molecule has 17 heavy (non-hydrogen) atoms. The summed E-state index contributed by atoms with van der Waals surface area (Å²) >= 11 is 0. The Kier molecular flexibility index (Phi) is 5.21. The van der Waals surface area contributed by atoms with Crippen molar-refractivity contribution in [3.05, 3.63) is 0 Å². The van der Waals surface area contributed by atoms with Gasteiger partial charge in [0.25, 0.3) is 0 Å². The molecule has 2 atom stereocenters. The first-order valence-corrected chi connectivity index (χ1v) is 5.99. The zero-order chi connectivity index (χ0) is 12.8. The van der Waals surface area contributed by atoms with Crippen molar-refractivity contribution >= 4 is 12.0 Å². The number of nitrogens with two attached hydrogens (primary N) is 1. The number of hydrogen-bond acceptors (Lipinski definition) is 3. The molecular weight excluding hydrogens is 222 g/mol. The summed E-state index contributed by atoms with van der Waals surface area (Å²) in [5.74, 6) is -0.901. The molecule has 2 amide bonds. The number of nitrogens with zero attached hydrogens (tertiary/aromatic N) is 1. The third kappa shape index (κ3) is 5.04. The van der Waals surface area contributed by atoms with E-state index in [9.17, 15) is 9.59 Å². The molecular formula is C11H21N3O3. The Morgan fingerprint density at radius 1 is 1.59 bits per heavy atom. The molecule has 1 fully saturated rings. The largest absolute Gasteiger partial charge is 0.481 e. The van der Waals surface area contributed by atoms with Gasteiger partial charge in [-0.25, -0.2) is 4.79 Å². The van der Waals surface area contributed by atoms with Gasteiger partial charge in [-0.2, -0.15) is 0 Å². The fraction of sp³-hybridized carbons (Fsp3) is 0.818. The lowest BCUT2D eigenvalue weighted by Crippen LogP contribution is -2.50. The summed E-state index contributed by atoms with van der Waals surface area (Å²) in [4.78, 5) is 23.9. The number of amides is 2. The van der Waals surface area contributed by atoms with Crippen LogP contribution in [-0.2, 0) is 4.79 Å². The van der Waals surface area contributed by atoms with Gasteiger partial charge in [0.1, 0.15) is 0 Å². The number of carboxylic acid groups (broad SMARTS) is 1. The van der Waals surface area contributed by atoms with Crippen LogP contribution in [0.1, 0.15) is 26.2 Å². The fourth-order valence-electron chi connectivity index (χ4n) is 1.94. The Labute approximate surface area is 101 Å². The van der Waals surface area contributed by atoms with Crippen LogP contribution in [0, 0.1) is 5.92 Å². The first-order chi connectivity index (χ1) is 7.99. The van der Waals surface area contributed by atoms with Crippen molar-refractivity contribution in [2.45, 2.75) is 32.2 Å². The number of piperidine rings is 1. The van der Waals surface area contributed by atoms with E-state index in [1.165, 1.54) is 0 Å². The van der Waals surface area contributed by atoms with E-state index in [0.29, 0.717) is 13.1 Å². The summed E-state index contributed by atoms with van der Waals surface area (Å²) < 4.78 is 0. The van der Waals surface area contributed by atoms with Crippen molar-refractivity contribution in [2.75, 3.05) is 19.6 Å². The van der Waals surface area contributed by atoms with E-state index >= 15 is 0 Å². The monoisotopic (exact) mass is 243 g/mol. The molecule has 0 spiro atoms. The average molecular weight is 243 g/mol. The molecule has 0 bridgehead atoms. The fourth-order valence-corrected chi connectivity index (χ4v) is 1.94. The van der Waals surface area contributed by atoms with Gasteiger partial charge in [-0.15, -0.1) is 0 Å². The van der Waals surface area contributed by atoms with Gasteiger partial charge in [-0.1, -0.05) is 6.92 Å². The molecule has 6 heteroatoms. The number of hydrogen-bond donors (Lipinski definition) is 3. The van der Waals surface area contributed by atoms with Crippen LogP contribution in [0.4, 0.5) is 4.79 Å². The number of carbonyl (C=O) groups is 2. The quantitative estimate of drug-likeness (QED) is 0.658. The number of carbonyl (C=O) groups excluding carboxylic acids is 1. The maximum Gasteiger partial charge on any atom is 0.317 e. The number of rotatable bonds is 4. The first kappa shape index (κ1) is 13.8. The second-order valence-corrected chi connectivity index (χ2v) is 4.74. The van der Waals surface area contributed by atoms with Gasteiger partial charge in [0.15, 0.2) is 0 Å². The van der Waals surface area contributed by atoms with Crippen LogP contribution in [0.15, 0.2) is 0 Å². The standard InChI is InChI=1S/C11H21N3O3/c1-8(5-10(15)16)6-13-11(17)14-4-2-3-9(12)7-14/h8-9H,2-7,12H2,1H3,(H,13,17)(H,15,16). The van der Waals surface area contributed by atoms with Gasteiger partial charge in [-0.3, -0.25) is 4.79 Å². The van der Waals surface area contributed by atoms with E-state index in [4.69, 9.17) is 10.8 Å². The highest BCUT2D eigenvalue weighted by Crippen LogP contribution is 2.08. The normalized spacial score (nSPS) is 22.0. The lowest BCUT2D eigenvalue weighted by Gasteiger charge is -2.31. The molecule has 98 valence electrons. The van der Waals surface area contributed by atoms with E-state index in [1.54, 1.807) is 11.8 Å². The number of aliphatic carboxylic acids is 1. The summed E-state index contributed by atoms with van der Waals surface area (Å²) in [5.41, 5.74) is 5.79. The Bertz CT molecular complexity index is 283. The molecule has 4 N–H and O–H groups in total. The molecule has 0 saturated carbocycles. The third-order valence-electron chi connectivity index (χ3n) is 2.87. The lowest BCUT2D eigenvalue weighted by molar-refractivity contribution is -0.137. The van der Waals surface area contributed by atoms with Crippen LogP contribution in [0.5, 0.6) is 0 Å². The minimum Gasteiger partial charge on any atom is -0.481 e. The molecule has 1 aliphatic rings. The van der Waals surface area contributed by atoms with Gasteiger partial charge in [0, 0.05) is 32.1 Å². The molecule has 1 saturated heterocycles. The van der Waals surface area contributed by atoms with Crippen molar-refractivity contribution in [3.8, 4) is 0 Å². The van der Waals surface area contributed by atoms with Crippen LogP contribution < -0.4 is 11.1 Å². The highest BCUT2D eigenvalue weighted by Gasteiger charge is 2.21. The Hall–Kier alpha value is -1.30. The van der Waals surface area contributed by atoms with Crippen molar-refractivity contribution < 1.29 is 14.7 Å². The molecule has 6 nitrogen and oxygen atoms in total. The number of urea groups is 1. The predicted molar refractivity (Wildman–Crippen MR) is 63.6 cm³/mol. The Morgan fingerprint density at radius 2 is 2.29 bits per heavy atom. The average Bonchev–Trinajstić information content (AvgIpc) is 2.25. The zero-order valence-corrected chi connectivity index (χ0v) is 10.2. The van der Waals surface area contributed by atoms with Crippen LogP contribution in [-0.4, -0.2) is 47.7 Å². The van der Waals surface area contributed by atoms with Gasteiger partial charge < -0.3 is 21.1 Å². The Morgan fingerprint density at radius 3 is 2.88 bits per heavy atom. The van der Waals surface area contributed by atoms with Crippen molar-refractivity contribution in [2.24, 2.45) is 11.7 Å². The van der Waals surface area contributed by atoms with Gasteiger partial charge in [0.05, 0.1) is 0 Å². The topological polar surface area (TPSA) is 95.7 Å². The third-order valence-corrected chi connectivity index (χ3v) is 2.87. The van der Waals surface area contributed by atoms with E-state index in [1.807, 2.05) is 0 Å². The van der Waals surface area contributed by atoms with Gasteiger partial charge in [-0.05, 0) is 18.8 Å². The molecule has 1 aliphatic heterocycles. The smallest absolute Gasteiger partial charge is 0.317 e. The highest BCUT2D eigenvalue weighted by atomic mass is 16.4. The molecule has 0 aromatic heterocycles. The molecule has 1 rings (SSSR count). The van der Waals surface area contributed by atoms with Crippen LogP contribution in [0.2, 0.25) is 0 Å². The van der Waals surface area contributed by atoms with Crippen LogP contribution in [0.25, 0.3) is 0 Å². The van der Waals surface area contributed by atoms with Crippen molar-refractivity contribution in [3.63, 3.8) is 0 Å². The maximum atomic E-state index is 11.7. The van der Waals surface area contributed by atoms with Crippen molar-refractivity contribution in [1.82, 2.24) is 10.2 Å². The Balaban J connectivity index is 2.26. The van der Waals surface area contributed by atoms with Crippen LogP contribution in [0.3, 0.4) is 0 Å². The molecule has 0 aliphatic carbocycles. The second-order valence-electron chi connectivity index (χ2n) is 4.74. The minimum absolute atomic E-state index is 0.0603. The summed E-state index contributed by atoms with van der Waals surface area (Å²) in [7, 11) is 0. The van der Waals surface area contributed by atoms with Gasteiger partial charge in [0.2, 0.25) is 0 Å². The number of nitrogens with one attached hydrogen (secondary N) is 1. The van der Waals surface area contributed by atoms with Crippen molar-refractivity contribution in [1.29, 1.82) is 0 Å².